The summed E-state index contributed by atoms with van der Waals surface area (Å²) in [7, 11) is 1.82. The molecular weight excluding hydrogens is 366 g/mol. The first-order valence-corrected chi connectivity index (χ1v) is 9.98. The Labute approximate surface area is 169 Å². The molecule has 2 aromatic heterocycles. The van der Waals surface area contributed by atoms with Crippen LogP contribution < -0.4 is 5.32 Å². The lowest BCUT2D eigenvalue weighted by molar-refractivity contribution is -0.122. The molecule has 0 spiro atoms. The number of hydrogen-bond acceptors (Lipinski definition) is 4. The van der Waals surface area contributed by atoms with Crippen molar-refractivity contribution in [3.05, 3.63) is 54.0 Å². The van der Waals surface area contributed by atoms with Crippen molar-refractivity contribution in [3.8, 4) is 11.3 Å². The van der Waals surface area contributed by atoms with Gasteiger partial charge in [0, 0.05) is 36.8 Å². The van der Waals surface area contributed by atoms with E-state index in [1.165, 1.54) is 0 Å². The molecule has 29 heavy (non-hydrogen) atoms. The Morgan fingerprint density at radius 2 is 1.83 bits per heavy atom. The number of aromatic nitrogens is 4. The van der Waals surface area contributed by atoms with Crippen molar-refractivity contribution in [2.45, 2.75) is 32.6 Å². The van der Waals surface area contributed by atoms with Crippen LogP contribution >= 0.6 is 0 Å². The summed E-state index contributed by atoms with van der Waals surface area (Å²) < 4.78 is 1.68. The molecule has 0 bridgehead atoms. The van der Waals surface area contributed by atoms with E-state index in [1.54, 1.807) is 17.1 Å². The molecule has 2 heterocycles. The van der Waals surface area contributed by atoms with Gasteiger partial charge in [-0.15, -0.1) is 0 Å². The number of aryl methyl sites for hydroxylation is 2. The maximum atomic E-state index is 13.2. The van der Waals surface area contributed by atoms with E-state index < -0.39 is 0 Å². The number of benzene rings is 1. The van der Waals surface area contributed by atoms with E-state index in [0.29, 0.717) is 11.3 Å². The molecular formula is C22H25N5O2. The van der Waals surface area contributed by atoms with Gasteiger partial charge in [0.15, 0.2) is 5.78 Å². The molecule has 3 aromatic rings. The summed E-state index contributed by atoms with van der Waals surface area (Å²) >= 11 is 0. The van der Waals surface area contributed by atoms with Gasteiger partial charge in [-0.25, -0.2) is 0 Å². The largest absolute Gasteiger partial charge is 0.323 e. The lowest BCUT2D eigenvalue weighted by Gasteiger charge is -2.29. The minimum atomic E-state index is -0.317. The van der Waals surface area contributed by atoms with Gasteiger partial charge in [-0.2, -0.15) is 10.2 Å². The van der Waals surface area contributed by atoms with Crippen LogP contribution in [0.4, 0.5) is 5.69 Å². The standard InChI is InChI=1S/C22H25N5O2/c1-14-20(13-27(2)26-14)24-22(29)18-6-4-3-5-17(18)21(28)16-9-7-15(8-10-16)19-11-12-23-25-19/h7-13,17-18H,3-6H2,1-2H3,(H,23,25)(H,24,29)/t17-,18-/m0/s1. The second-order valence-corrected chi connectivity index (χ2v) is 7.70. The topological polar surface area (TPSA) is 92.7 Å². The first-order valence-electron chi connectivity index (χ1n) is 9.98. The zero-order valence-electron chi connectivity index (χ0n) is 16.7. The summed E-state index contributed by atoms with van der Waals surface area (Å²) in [5, 5.41) is 14.1. The fourth-order valence-corrected chi connectivity index (χ4v) is 4.15. The molecule has 2 atom stereocenters. The molecule has 1 saturated carbocycles. The Morgan fingerprint density at radius 1 is 1.10 bits per heavy atom. The Hall–Kier alpha value is -3.22. The van der Waals surface area contributed by atoms with Crippen LogP contribution in [0.15, 0.2) is 42.7 Å². The number of nitrogens with one attached hydrogen (secondary N) is 2. The summed E-state index contributed by atoms with van der Waals surface area (Å²) in [6.45, 7) is 1.86. The van der Waals surface area contributed by atoms with Crippen molar-refractivity contribution < 1.29 is 9.59 Å². The number of ketones is 1. The van der Waals surface area contributed by atoms with E-state index in [-0.39, 0.29) is 23.5 Å². The third-order valence-electron chi connectivity index (χ3n) is 5.69. The Kier molecular flexibility index (Phi) is 5.29. The molecule has 0 unspecified atom stereocenters. The van der Waals surface area contributed by atoms with Crippen LogP contribution in [-0.2, 0) is 11.8 Å². The number of amides is 1. The highest BCUT2D eigenvalue weighted by atomic mass is 16.2. The average Bonchev–Trinajstić information content (AvgIpc) is 3.37. The summed E-state index contributed by atoms with van der Waals surface area (Å²) in [6.07, 6.45) is 6.90. The minimum absolute atomic E-state index is 0.0453. The minimum Gasteiger partial charge on any atom is -0.323 e. The normalized spacial score (nSPS) is 19.1. The second-order valence-electron chi connectivity index (χ2n) is 7.70. The summed E-state index contributed by atoms with van der Waals surface area (Å²) in [5.74, 6) is -0.654. The van der Waals surface area contributed by atoms with E-state index in [0.717, 1.165) is 42.6 Å². The molecule has 1 aliphatic carbocycles. The van der Waals surface area contributed by atoms with E-state index in [9.17, 15) is 9.59 Å². The molecule has 1 aromatic carbocycles. The number of carbonyl (C=O) groups excluding carboxylic acids is 2. The van der Waals surface area contributed by atoms with Gasteiger partial charge in [-0.1, -0.05) is 37.1 Å². The molecule has 150 valence electrons. The lowest BCUT2D eigenvalue weighted by atomic mass is 9.75. The van der Waals surface area contributed by atoms with E-state index in [2.05, 4.69) is 20.6 Å². The first kappa shape index (κ1) is 19.1. The maximum Gasteiger partial charge on any atom is 0.228 e. The molecule has 1 fully saturated rings. The van der Waals surface area contributed by atoms with Crippen LogP contribution in [0.3, 0.4) is 0 Å². The number of hydrogen-bond donors (Lipinski definition) is 2. The molecule has 1 aliphatic rings. The van der Waals surface area contributed by atoms with Crippen LogP contribution in [0.5, 0.6) is 0 Å². The number of rotatable bonds is 5. The smallest absolute Gasteiger partial charge is 0.228 e. The monoisotopic (exact) mass is 391 g/mol. The van der Waals surface area contributed by atoms with Crippen molar-refractivity contribution >= 4 is 17.4 Å². The van der Waals surface area contributed by atoms with Gasteiger partial charge in [0.1, 0.15) is 0 Å². The van der Waals surface area contributed by atoms with Crippen molar-refractivity contribution in [3.63, 3.8) is 0 Å². The number of carbonyl (C=O) groups is 2. The van der Waals surface area contributed by atoms with Gasteiger partial charge in [-0.05, 0) is 31.4 Å². The predicted octanol–water partition coefficient (Wildman–Crippen LogP) is 3.75. The molecule has 0 saturated heterocycles. The van der Waals surface area contributed by atoms with Crippen molar-refractivity contribution in [1.82, 2.24) is 20.0 Å². The third kappa shape index (κ3) is 3.99. The molecule has 4 rings (SSSR count). The molecule has 0 radical (unpaired) electrons. The van der Waals surface area contributed by atoms with E-state index >= 15 is 0 Å². The van der Waals surface area contributed by atoms with Gasteiger partial charge in [0.2, 0.25) is 5.91 Å². The number of H-pyrrole nitrogens is 1. The second kappa shape index (κ2) is 8.03. The number of aromatic amines is 1. The summed E-state index contributed by atoms with van der Waals surface area (Å²) in [5.41, 5.74) is 4.01. The highest BCUT2D eigenvalue weighted by molar-refractivity contribution is 6.03. The van der Waals surface area contributed by atoms with Gasteiger partial charge in [0.05, 0.1) is 17.1 Å². The van der Waals surface area contributed by atoms with Crippen LogP contribution in [0.1, 0.15) is 41.7 Å². The van der Waals surface area contributed by atoms with E-state index in [4.69, 9.17) is 0 Å². The Balaban J connectivity index is 1.51. The number of nitrogens with zero attached hydrogens (tertiary/aromatic N) is 3. The maximum absolute atomic E-state index is 13.2. The van der Waals surface area contributed by atoms with Crippen molar-refractivity contribution in [1.29, 1.82) is 0 Å². The van der Waals surface area contributed by atoms with Crippen LogP contribution in [-0.4, -0.2) is 31.7 Å². The highest BCUT2D eigenvalue weighted by Gasteiger charge is 2.36. The number of anilines is 1. The van der Waals surface area contributed by atoms with Crippen LogP contribution in [0, 0.1) is 18.8 Å². The average molecular weight is 391 g/mol. The van der Waals surface area contributed by atoms with Crippen molar-refractivity contribution in [2.75, 3.05) is 5.32 Å². The fraction of sp³-hybridized carbons (Fsp3) is 0.364. The molecule has 1 amide bonds. The quantitative estimate of drug-likeness (QED) is 0.648. The SMILES string of the molecule is Cc1nn(C)cc1NC(=O)[C@H]1CCCC[C@@H]1C(=O)c1ccc(-c2ccn[nH]2)cc1. The predicted molar refractivity (Wildman–Crippen MR) is 110 cm³/mol. The third-order valence-corrected chi connectivity index (χ3v) is 5.69. The summed E-state index contributed by atoms with van der Waals surface area (Å²) in [4.78, 5) is 26.2. The van der Waals surface area contributed by atoms with Gasteiger partial charge in [-0.3, -0.25) is 19.4 Å². The molecule has 7 nitrogen and oxygen atoms in total. The summed E-state index contributed by atoms with van der Waals surface area (Å²) in [6, 6.07) is 9.40. The Bertz CT molecular complexity index is 1000. The van der Waals surface area contributed by atoms with E-state index in [1.807, 2.05) is 44.3 Å². The van der Waals surface area contributed by atoms with Gasteiger partial charge >= 0.3 is 0 Å². The van der Waals surface area contributed by atoms with Crippen molar-refractivity contribution in [2.24, 2.45) is 18.9 Å². The molecule has 0 aliphatic heterocycles. The molecule has 2 N–H and O–H groups in total. The zero-order valence-corrected chi connectivity index (χ0v) is 16.7. The van der Waals surface area contributed by atoms with Gasteiger partial charge < -0.3 is 5.32 Å². The Morgan fingerprint density at radius 3 is 2.45 bits per heavy atom. The lowest BCUT2D eigenvalue weighted by Crippen LogP contribution is -2.36. The van der Waals surface area contributed by atoms with Crippen LogP contribution in [0.25, 0.3) is 11.3 Å². The number of Topliss-reactive ketones (excluding diaryl/α,β-unsaturated/α-hetero) is 1. The first-order chi connectivity index (χ1) is 14.0. The zero-order chi connectivity index (χ0) is 20.4. The fourth-order valence-electron chi connectivity index (χ4n) is 4.15. The van der Waals surface area contributed by atoms with Gasteiger partial charge in [0.25, 0.3) is 0 Å². The van der Waals surface area contributed by atoms with Crippen LogP contribution in [0.2, 0.25) is 0 Å². The highest BCUT2D eigenvalue weighted by Crippen LogP contribution is 2.34. The molecule has 7 heteroatoms.